The number of benzene rings is 3. The Kier molecular flexibility index (Phi) is 5.60. The average molecular weight is 462 g/mol. The molecule has 3 aromatic rings. The van der Waals surface area contributed by atoms with E-state index in [0.29, 0.717) is 35.1 Å². The van der Waals surface area contributed by atoms with Crippen molar-refractivity contribution in [1.29, 1.82) is 0 Å². The number of nitrogens with one attached hydrogen (secondary N) is 1. The average Bonchev–Trinajstić information content (AvgIpc) is 3.06. The fourth-order valence-electron chi connectivity index (χ4n) is 4.09. The van der Waals surface area contributed by atoms with Crippen LogP contribution in [0, 0.1) is 0 Å². The van der Waals surface area contributed by atoms with Gasteiger partial charge in [0.15, 0.2) is 5.75 Å². The van der Waals surface area contributed by atoms with E-state index in [0.717, 1.165) is 25.8 Å². The van der Waals surface area contributed by atoms with Crippen LogP contribution in [0.15, 0.2) is 82.1 Å². The molecule has 1 N–H and O–H groups in total. The van der Waals surface area contributed by atoms with E-state index in [1.54, 1.807) is 30.3 Å². The molecule has 33 heavy (non-hydrogen) atoms. The van der Waals surface area contributed by atoms with E-state index < -0.39 is 15.9 Å². The molecule has 8 heteroatoms. The topological polar surface area (TPSA) is 88.1 Å². The van der Waals surface area contributed by atoms with Crippen molar-refractivity contribution in [3.8, 4) is 11.5 Å². The Morgan fingerprint density at radius 3 is 2.58 bits per heavy atom. The lowest BCUT2D eigenvalue weighted by molar-refractivity contribution is 0.102. The third-order valence-corrected chi connectivity index (χ3v) is 7.05. The lowest BCUT2D eigenvalue weighted by Crippen LogP contribution is -2.35. The van der Waals surface area contributed by atoms with E-state index in [4.69, 9.17) is 4.74 Å². The summed E-state index contributed by atoms with van der Waals surface area (Å²) >= 11 is 0. The van der Waals surface area contributed by atoms with Gasteiger partial charge >= 0.3 is 0 Å². The first kappa shape index (κ1) is 21.2. The summed E-state index contributed by atoms with van der Waals surface area (Å²) in [5.41, 5.74) is 1.31. The summed E-state index contributed by atoms with van der Waals surface area (Å²) in [6, 6.07) is 21.1. The van der Waals surface area contributed by atoms with E-state index in [1.807, 2.05) is 41.3 Å². The molecule has 0 unspecified atom stereocenters. The molecule has 2 heterocycles. The van der Waals surface area contributed by atoms with Gasteiger partial charge < -0.3 is 15.0 Å². The zero-order valence-corrected chi connectivity index (χ0v) is 18.7. The molecule has 2 aliphatic rings. The predicted molar refractivity (Wildman–Crippen MR) is 128 cm³/mol. The van der Waals surface area contributed by atoms with Crippen molar-refractivity contribution < 1.29 is 17.9 Å². The maximum Gasteiger partial charge on any atom is 0.286 e. The second kappa shape index (κ2) is 8.71. The van der Waals surface area contributed by atoms with Crippen LogP contribution < -0.4 is 15.0 Å². The summed E-state index contributed by atoms with van der Waals surface area (Å²) in [7, 11) is -3.86. The van der Waals surface area contributed by atoms with E-state index in [1.165, 1.54) is 6.07 Å². The van der Waals surface area contributed by atoms with Crippen molar-refractivity contribution in [2.24, 2.45) is 4.40 Å². The molecular weight excluding hydrogens is 438 g/mol. The maximum absolute atomic E-state index is 13.0. The third-order valence-electron chi connectivity index (χ3n) is 5.72. The summed E-state index contributed by atoms with van der Waals surface area (Å²) in [6.45, 7) is 0.719. The minimum absolute atomic E-state index is 0.0645. The maximum atomic E-state index is 13.0. The Balaban J connectivity index is 1.43. The normalized spacial score (nSPS) is 16.6. The van der Waals surface area contributed by atoms with Crippen LogP contribution in [0.25, 0.3) is 0 Å². The molecule has 0 aliphatic carbocycles. The first-order valence-corrected chi connectivity index (χ1v) is 12.3. The van der Waals surface area contributed by atoms with Crippen LogP contribution in [0.5, 0.6) is 11.5 Å². The van der Waals surface area contributed by atoms with Gasteiger partial charge in [0.05, 0.1) is 11.4 Å². The van der Waals surface area contributed by atoms with Gasteiger partial charge in [-0.05, 0) is 55.3 Å². The standard InChI is InChI=1S/C25H23N3O4S/c29-25(26-20-11-6-7-12-22(20)32-19-9-3-1-4-10-19)18-14-15-21-23(17-18)33(30,31)27-24-13-5-2-8-16-28(21)24/h1,3-4,6-7,9-12,14-15,17H,2,5,8,13,16H2,(H,26,29). The number of fused-ring (bicyclic) bond motifs is 3. The fraction of sp³-hybridized carbons (Fsp3) is 0.200. The first-order valence-electron chi connectivity index (χ1n) is 10.9. The summed E-state index contributed by atoms with van der Waals surface area (Å²) in [5, 5.41) is 2.84. The Labute approximate surface area is 192 Å². The van der Waals surface area contributed by atoms with Gasteiger partial charge in [0.1, 0.15) is 16.5 Å². The number of hydrogen-bond acceptors (Lipinski definition) is 5. The van der Waals surface area contributed by atoms with Gasteiger partial charge in [0, 0.05) is 18.5 Å². The largest absolute Gasteiger partial charge is 0.455 e. The number of rotatable bonds is 4. The van der Waals surface area contributed by atoms with Crippen LogP contribution in [-0.2, 0) is 10.0 Å². The smallest absolute Gasteiger partial charge is 0.286 e. The minimum atomic E-state index is -3.86. The van der Waals surface area contributed by atoms with Crippen molar-refractivity contribution in [2.75, 3.05) is 16.8 Å². The van der Waals surface area contributed by atoms with Crippen molar-refractivity contribution in [3.63, 3.8) is 0 Å². The molecule has 1 saturated heterocycles. The van der Waals surface area contributed by atoms with Crippen LogP contribution in [0.3, 0.4) is 0 Å². The Morgan fingerprint density at radius 1 is 0.939 bits per heavy atom. The molecule has 1 amide bonds. The molecule has 0 saturated carbocycles. The van der Waals surface area contributed by atoms with Gasteiger partial charge in [0.25, 0.3) is 15.9 Å². The molecule has 5 rings (SSSR count). The summed E-state index contributed by atoms with van der Waals surface area (Å²) in [6.07, 6.45) is 3.57. The van der Waals surface area contributed by atoms with Gasteiger partial charge in [-0.25, -0.2) is 0 Å². The number of anilines is 2. The molecular formula is C25H23N3O4S. The number of amides is 1. The monoisotopic (exact) mass is 461 g/mol. The number of carbonyl (C=O) groups excluding carboxylic acids is 1. The predicted octanol–water partition coefficient (Wildman–Crippen LogP) is 5.21. The summed E-state index contributed by atoms with van der Waals surface area (Å²) in [4.78, 5) is 15.1. The highest BCUT2D eigenvalue weighted by Gasteiger charge is 2.32. The highest BCUT2D eigenvalue weighted by Crippen LogP contribution is 2.35. The van der Waals surface area contributed by atoms with Gasteiger partial charge in [-0.3, -0.25) is 4.79 Å². The number of ether oxygens (including phenoxy) is 1. The zero-order valence-electron chi connectivity index (χ0n) is 17.9. The molecule has 3 aromatic carbocycles. The number of sulfonamides is 1. The van der Waals surface area contributed by atoms with Crippen molar-refractivity contribution in [1.82, 2.24) is 0 Å². The quantitative estimate of drug-likeness (QED) is 0.576. The highest BCUT2D eigenvalue weighted by molar-refractivity contribution is 7.90. The second-order valence-corrected chi connectivity index (χ2v) is 9.57. The number of nitrogens with zero attached hydrogens (tertiary/aromatic N) is 2. The molecule has 7 nitrogen and oxygen atoms in total. The van der Waals surface area contributed by atoms with Crippen molar-refractivity contribution in [2.45, 2.75) is 30.6 Å². The second-order valence-electron chi connectivity index (χ2n) is 7.99. The lowest BCUT2D eigenvalue weighted by Gasteiger charge is -2.29. The highest BCUT2D eigenvalue weighted by atomic mass is 32.2. The minimum Gasteiger partial charge on any atom is -0.455 e. The Bertz CT molecular complexity index is 1340. The SMILES string of the molecule is O=C(Nc1ccccc1Oc1ccccc1)c1ccc2c(c1)S(=O)(=O)N=C1CCCCCN12. The Morgan fingerprint density at radius 2 is 1.73 bits per heavy atom. The number of para-hydroxylation sites is 3. The van der Waals surface area contributed by atoms with Crippen molar-refractivity contribution >= 4 is 33.1 Å². The summed E-state index contributed by atoms with van der Waals surface area (Å²) < 4.78 is 35.7. The zero-order chi connectivity index (χ0) is 22.8. The number of hydrogen-bond donors (Lipinski definition) is 1. The van der Waals surface area contributed by atoms with Crippen LogP contribution >= 0.6 is 0 Å². The van der Waals surface area contributed by atoms with E-state index in [2.05, 4.69) is 9.71 Å². The van der Waals surface area contributed by atoms with Gasteiger partial charge in [-0.2, -0.15) is 8.42 Å². The van der Waals surface area contributed by atoms with Crippen LogP contribution in [-0.4, -0.2) is 26.7 Å². The summed E-state index contributed by atoms with van der Waals surface area (Å²) in [5.74, 6) is 1.29. The van der Waals surface area contributed by atoms with Gasteiger partial charge in [-0.1, -0.05) is 36.8 Å². The number of carbonyl (C=O) groups is 1. The molecule has 0 radical (unpaired) electrons. The number of amidine groups is 1. The lowest BCUT2D eigenvalue weighted by atomic mass is 10.1. The molecule has 168 valence electrons. The van der Waals surface area contributed by atoms with Crippen molar-refractivity contribution in [3.05, 3.63) is 78.4 Å². The van der Waals surface area contributed by atoms with Gasteiger partial charge in [0.2, 0.25) is 0 Å². The first-order chi connectivity index (χ1) is 16.0. The van der Waals surface area contributed by atoms with E-state index in [-0.39, 0.29) is 10.5 Å². The fourth-order valence-corrected chi connectivity index (χ4v) is 5.37. The van der Waals surface area contributed by atoms with Crippen LogP contribution in [0.4, 0.5) is 11.4 Å². The van der Waals surface area contributed by atoms with E-state index >= 15 is 0 Å². The third kappa shape index (κ3) is 4.34. The molecule has 1 fully saturated rings. The molecule has 0 aromatic heterocycles. The van der Waals surface area contributed by atoms with Crippen LogP contribution in [0.1, 0.15) is 36.0 Å². The Hall–Kier alpha value is -3.65. The van der Waals surface area contributed by atoms with E-state index in [9.17, 15) is 13.2 Å². The molecule has 0 bridgehead atoms. The molecule has 0 atom stereocenters. The van der Waals surface area contributed by atoms with Gasteiger partial charge in [-0.15, -0.1) is 4.40 Å². The van der Waals surface area contributed by atoms with Crippen LogP contribution in [0.2, 0.25) is 0 Å². The molecule has 0 spiro atoms. The molecule has 2 aliphatic heterocycles.